The number of fused-ring (bicyclic) bond motifs is 1. The van der Waals surface area contributed by atoms with Gasteiger partial charge in [0.2, 0.25) is 5.91 Å². The van der Waals surface area contributed by atoms with Gasteiger partial charge in [-0.25, -0.2) is 0 Å². The van der Waals surface area contributed by atoms with Crippen LogP contribution in [0.2, 0.25) is 0 Å². The van der Waals surface area contributed by atoms with Gasteiger partial charge in [0.05, 0.1) is 17.8 Å². The Balaban J connectivity index is 1.83. The normalized spacial score (nSPS) is 11.2. The molecule has 0 aliphatic carbocycles. The fourth-order valence-electron chi connectivity index (χ4n) is 3.82. The number of amides is 1. The number of carbonyl (C=O) groups excluding carboxylic acids is 1. The monoisotopic (exact) mass is 414 g/mol. The molecule has 1 amide bonds. The third-order valence-corrected chi connectivity index (χ3v) is 5.50. The van der Waals surface area contributed by atoms with Crippen LogP contribution in [0.5, 0.6) is 0 Å². The maximum atomic E-state index is 12.9. The highest BCUT2D eigenvalue weighted by Gasteiger charge is 2.16. The van der Waals surface area contributed by atoms with Crippen molar-refractivity contribution in [3.63, 3.8) is 0 Å². The maximum absolute atomic E-state index is 12.9. The lowest BCUT2D eigenvalue weighted by Gasteiger charge is -2.15. The molecule has 4 rings (SSSR count). The van der Waals surface area contributed by atoms with Crippen LogP contribution < -0.4 is 16.6 Å². The smallest absolute Gasteiger partial charge is 0.255 e. The summed E-state index contributed by atoms with van der Waals surface area (Å²) >= 11 is 0. The van der Waals surface area contributed by atoms with E-state index in [1.54, 1.807) is 0 Å². The van der Waals surface area contributed by atoms with Gasteiger partial charge in [-0.15, -0.1) is 0 Å². The fourth-order valence-corrected chi connectivity index (χ4v) is 3.82. The summed E-state index contributed by atoms with van der Waals surface area (Å²) in [5, 5.41) is 4.16. The number of hydrogen-bond donors (Lipinski definition) is 3. The second-order valence-corrected chi connectivity index (χ2v) is 8.13. The van der Waals surface area contributed by atoms with Gasteiger partial charge < -0.3 is 20.6 Å². The lowest BCUT2D eigenvalue weighted by atomic mass is 9.98. The van der Waals surface area contributed by atoms with Crippen LogP contribution in [-0.4, -0.2) is 15.5 Å². The molecule has 2 heterocycles. The zero-order valence-electron chi connectivity index (χ0n) is 17.9. The molecular formula is C25H26N4O2. The van der Waals surface area contributed by atoms with Gasteiger partial charge in [0, 0.05) is 34.0 Å². The molecule has 0 fully saturated rings. The number of aromatic nitrogens is 2. The molecule has 0 aliphatic rings. The number of aryl methyl sites for hydroxylation is 1. The second-order valence-electron chi connectivity index (χ2n) is 8.13. The summed E-state index contributed by atoms with van der Waals surface area (Å²) in [6.07, 6.45) is 1.90. The molecule has 158 valence electrons. The molecular weight excluding hydrogens is 388 g/mol. The van der Waals surface area contributed by atoms with Gasteiger partial charge in [0.1, 0.15) is 0 Å². The standard InChI is InChI=1S/C25H26N4O2/c1-15(2)17-12-20(24(26)30)19-9-10-29(23(19)13-17)14-21-22(11-16(3)27-25(21)31)28-18-7-5-4-6-8-18/h4-13,15H,14H2,1-3H3,(H2,26,30)(H2,27,28,31). The summed E-state index contributed by atoms with van der Waals surface area (Å²) in [5.41, 5.74) is 11.0. The number of benzene rings is 2. The molecule has 0 bridgehead atoms. The molecule has 0 atom stereocenters. The number of pyridine rings is 1. The van der Waals surface area contributed by atoms with Crippen LogP contribution >= 0.6 is 0 Å². The minimum Gasteiger partial charge on any atom is -0.366 e. The van der Waals surface area contributed by atoms with E-state index in [0.717, 1.165) is 33.5 Å². The number of hydrogen-bond acceptors (Lipinski definition) is 3. The van der Waals surface area contributed by atoms with E-state index in [2.05, 4.69) is 30.2 Å². The van der Waals surface area contributed by atoms with Gasteiger partial charge in [0.15, 0.2) is 0 Å². The zero-order chi connectivity index (χ0) is 22.1. The first-order valence-electron chi connectivity index (χ1n) is 10.3. The van der Waals surface area contributed by atoms with Crippen molar-refractivity contribution >= 4 is 28.2 Å². The fraction of sp³-hybridized carbons (Fsp3) is 0.200. The molecule has 31 heavy (non-hydrogen) atoms. The maximum Gasteiger partial charge on any atom is 0.255 e. The lowest BCUT2D eigenvalue weighted by Crippen LogP contribution is -2.19. The molecule has 6 heteroatoms. The Hall–Kier alpha value is -3.80. The average molecular weight is 415 g/mol. The first kappa shape index (κ1) is 20.5. The van der Waals surface area contributed by atoms with Gasteiger partial charge in [-0.3, -0.25) is 9.59 Å². The summed E-state index contributed by atoms with van der Waals surface area (Å²) in [7, 11) is 0. The summed E-state index contributed by atoms with van der Waals surface area (Å²) < 4.78 is 1.99. The molecule has 6 nitrogen and oxygen atoms in total. The number of primary amides is 1. The van der Waals surface area contributed by atoms with Gasteiger partial charge >= 0.3 is 0 Å². The summed E-state index contributed by atoms with van der Waals surface area (Å²) in [4.78, 5) is 27.8. The van der Waals surface area contributed by atoms with E-state index in [9.17, 15) is 9.59 Å². The summed E-state index contributed by atoms with van der Waals surface area (Å²) in [5.74, 6) is -0.214. The van der Waals surface area contributed by atoms with Crippen molar-refractivity contribution in [3.8, 4) is 0 Å². The Kier molecular flexibility index (Phi) is 5.38. The van der Waals surface area contributed by atoms with E-state index < -0.39 is 5.91 Å². The summed E-state index contributed by atoms with van der Waals surface area (Å²) in [6.45, 7) is 6.37. The number of nitrogens with zero attached hydrogens (tertiary/aromatic N) is 1. The van der Waals surface area contributed by atoms with Crippen LogP contribution in [0, 0.1) is 6.92 Å². The van der Waals surface area contributed by atoms with E-state index in [1.807, 2.05) is 66.2 Å². The molecule has 2 aromatic heterocycles. The van der Waals surface area contributed by atoms with Crippen molar-refractivity contribution in [2.75, 3.05) is 5.32 Å². The van der Waals surface area contributed by atoms with Crippen molar-refractivity contribution in [2.24, 2.45) is 5.73 Å². The first-order valence-corrected chi connectivity index (χ1v) is 10.3. The van der Waals surface area contributed by atoms with E-state index in [0.29, 0.717) is 17.7 Å². The topological polar surface area (TPSA) is 92.9 Å². The van der Waals surface area contributed by atoms with Crippen molar-refractivity contribution in [3.05, 3.63) is 93.5 Å². The van der Waals surface area contributed by atoms with Crippen LogP contribution in [0.3, 0.4) is 0 Å². The Bertz CT molecular complexity index is 1320. The SMILES string of the molecule is Cc1cc(Nc2ccccc2)c(Cn2ccc3c(C(N)=O)cc(C(C)C)cc32)c(=O)[nH]1. The minimum atomic E-state index is -0.454. The molecule has 0 aliphatic heterocycles. The first-order chi connectivity index (χ1) is 14.8. The van der Waals surface area contributed by atoms with Crippen molar-refractivity contribution in [1.82, 2.24) is 9.55 Å². The number of nitrogens with two attached hydrogens (primary N) is 1. The van der Waals surface area contributed by atoms with Gasteiger partial charge in [0.25, 0.3) is 5.56 Å². The highest BCUT2D eigenvalue weighted by Crippen LogP contribution is 2.28. The number of anilines is 2. The lowest BCUT2D eigenvalue weighted by molar-refractivity contribution is 0.100. The quantitative estimate of drug-likeness (QED) is 0.429. The number of para-hydroxylation sites is 1. The summed E-state index contributed by atoms with van der Waals surface area (Å²) in [6, 6.07) is 17.5. The molecule has 0 saturated heterocycles. The molecule has 4 N–H and O–H groups in total. The predicted octanol–water partition coefficient (Wildman–Crippen LogP) is 4.65. The molecule has 4 aromatic rings. The second kappa shape index (κ2) is 8.14. The van der Waals surface area contributed by atoms with Crippen molar-refractivity contribution in [1.29, 1.82) is 0 Å². The third kappa shape index (κ3) is 4.10. The van der Waals surface area contributed by atoms with E-state index >= 15 is 0 Å². The van der Waals surface area contributed by atoms with Crippen LogP contribution in [0.25, 0.3) is 10.9 Å². The van der Waals surface area contributed by atoms with E-state index in [4.69, 9.17) is 5.73 Å². The zero-order valence-corrected chi connectivity index (χ0v) is 17.9. The van der Waals surface area contributed by atoms with Crippen molar-refractivity contribution < 1.29 is 4.79 Å². The van der Waals surface area contributed by atoms with Crippen LogP contribution in [0.15, 0.2) is 65.6 Å². The third-order valence-electron chi connectivity index (χ3n) is 5.50. The highest BCUT2D eigenvalue weighted by molar-refractivity contribution is 6.06. The molecule has 0 spiro atoms. The Morgan fingerprint density at radius 3 is 2.55 bits per heavy atom. The molecule has 0 radical (unpaired) electrons. The average Bonchev–Trinajstić information content (AvgIpc) is 3.13. The number of carbonyl (C=O) groups is 1. The van der Waals surface area contributed by atoms with Crippen LogP contribution in [0.1, 0.15) is 46.9 Å². The van der Waals surface area contributed by atoms with Gasteiger partial charge in [-0.1, -0.05) is 32.0 Å². The predicted molar refractivity (Wildman–Crippen MR) is 125 cm³/mol. The Morgan fingerprint density at radius 1 is 1.13 bits per heavy atom. The number of rotatable bonds is 6. The van der Waals surface area contributed by atoms with Gasteiger partial charge in [-0.05, 0) is 54.8 Å². The Morgan fingerprint density at radius 2 is 1.87 bits per heavy atom. The Labute approximate surface area is 180 Å². The van der Waals surface area contributed by atoms with E-state index in [-0.39, 0.29) is 11.5 Å². The largest absolute Gasteiger partial charge is 0.366 e. The van der Waals surface area contributed by atoms with Crippen molar-refractivity contribution in [2.45, 2.75) is 33.2 Å². The number of aromatic amines is 1. The number of H-pyrrole nitrogens is 1. The minimum absolute atomic E-state index is 0.143. The highest BCUT2D eigenvalue weighted by atomic mass is 16.1. The van der Waals surface area contributed by atoms with E-state index in [1.165, 1.54) is 0 Å². The van der Waals surface area contributed by atoms with Crippen LogP contribution in [0.4, 0.5) is 11.4 Å². The molecule has 0 saturated carbocycles. The molecule has 2 aromatic carbocycles. The number of nitrogens with one attached hydrogen (secondary N) is 2. The molecule has 0 unspecified atom stereocenters. The van der Waals surface area contributed by atoms with Crippen LogP contribution in [-0.2, 0) is 6.54 Å². The van der Waals surface area contributed by atoms with Gasteiger partial charge in [-0.2, -0.15) is 0 Å².